The quantitative estimate of drug-likeness (QED) is 0.711. The first-order valence-electron chi connectivity index (χ1n) is 5.64. The summed E-state index contributed by atoms with van der Waals surface area (Å²) in [5, 5.41) is 9.24. The summed E-state index contributed by atoms with van der Waals surface area (Å²) in [5.74, 6) is 1.18. The number of ether oxygens (including phenoxy) is 1. The molecule has 1 aliphatic heterocycles. The van der Waals surface area contributed by atoms with Gasteiger partial charge in [0, 0.05) is 19.1 Å². The maximum Gasteiger partial charge on any atom is 0.0653 e. The molecule has 2 unspecified atom stereocenters. The molecule has 0 amide bonds. The van der Waals surface area contributed by atoms with Gasteiger partial charge in [-0.15, -0.1) is 0 Å². The van der Waals surface area contributed by atoms with Crippen molar-refractivity contribution in [2.75, 3.05) is 13.2 Å². The molecule has 2 aliphatic rings. The van der Waals surface area contributed by atoms with Crippen LogP contribution < -0.4 is 0 Å². The van der Waals surface area contributed by atoms with Crippen molar-refractivity contribution in [3.8, 4) is 0 Å². The monoisotopic (exact) mass is 184 g/mol. The molecule has 2 nitrogen and oxygen atoms in total. The summed E-state index contributed by atoms with van der Waals surface area (Å²) >= 11 is 0. The highest BCUT2D eigenvalue weighted by molar-refractivity contribution is 4.83. The minimum atomic E-state index is 0.321. The second-order valence-corrected chi connectivity index (χ2v) is 4.46. The summed E-state index contributed by atoms with van der Waals surface area (Å²) < 4.78 is 5.81. The average Bonchev–Trinajstić information content (AvgIpc) is 2.70. The molecule has 1 saturated carbocycles. The summed E-state index contributed by atoms with van der Waals surface area (Å²) in [5.41, 5.74) is 0. The van der Waals surface area contributed by atoms with Crippen molar-refractivity contribution >= 4 is 0 Å². The van der Waals surface area contributed by atoms with E-state index in [9.17, 15) is 5.11 Å². The number of hydrogen-bond acceptors (Lipinski definition) is 2. The highest BCUT2D eigenvalue weighted by atomic mass is 16.5. The van der Waals surface area contributed by atoms with Crippen molar-refractivity contribution in [2.45, 2.75) is 44.6 Å². The van der Waals surface area contributed by atoms with Gasteiger partial charge in [-0.25, -0.2) is 0 Å². The van der Waals surface area contributed by atoms with Crippen LogP contribution in [0.5, 0.6) is 0 Å². The van der Waals surface area contributed by atoms with Crippen LogP contribution in [0.3, 0.4) is 0 Å². The molecule has 2 fully saturated rings. The highest BCUT2D eigenvalue weighted by Gasteiger charge is 2.33. The lowest BCUT2D eigenvalue weighted by Crippen LogP contribution is -2.37. The lowest BCUT2D eigenvalue weighted by atomic mass is 9.85. The lowest BCUT2D eigenvalue weighted by molar-refractivity contribution is -0.0732. The molecule has 0 aromatic rings. The Morgan fingerprint density at radius 2 is 1.85 bits per heavy atom. The zero-order valence-corrected chi connectivity index (χ0v) is 8.24. The van der Waals surface area contributed by atoms with Crippen LogP contribution in [0, 0.1) is 11.8 Å². The van der Waals surface area contributed by atoms with E-state index in [4.69, 9.17) is 4.74 Å². The molecule has 0 aromatic carbocycles. The zero-order valence-electron chi connectivity index (χ0n) is 8.24. The van der Waals surface area contributed by atoms with Crippen LogP contribution in [0.15, 0.2) is 0 Å². The second-order valence-electron chi connectivity index (χ2n) is 4.46. The molecule has 1 heterocycles. The van der Waals surface area contributed by atoms with Gasteiger partial charge >= 0.3 is 0 Å². The van der Waals surface area contributed by atoms with Crippen LogP contribution in [0.25, 0.3) is 0 Å². The minimum absolute atomic E-state index is 0.321. The minimum Gasteiger partial charge on any atom is -0.396 e. The van der Waals surface area contributed by atoms with Gasteiger partial charge in [-0.1, -0.05) is 12.8 Å². The molecular formula is C11H20O2. The summed E-state index contributed by atoms with van der Waals surface area (Å²) in [4.78, 5) is 0. The van der Waals surface area contributed by atoms with Crippen LogP contribution >= 0.6 is 0 Å². The molecule has 0 bridgehead atoms. The molecule has 76 valence electrons. The molecule has 1 aliphatic carbocycles. The third kappa shape index (κ3) is 2.05. The van der Waals surface area contributed by atoms with Gasteiger partial charge in [0.25, 0.3) is 0 Å². The Morgan fingerprint density at radius 1 is 1.08 bits per heavy atom. The van der Waals surface area contributed by atoms with Crippen molar-refractivity contribution in [3.63, 3.8) is 0 Å². The molecule has 13 heavy (non-hydrogen) atoms. The maximum absolute atomic E-state index is 9.24. The third-order valence-electron chi connectivity index (χ3n) is 3.59. The van der Waals surface area contributed by atoms with E-state index >= 15 is 0 Å². The molecule has 2 rings (SSSR count). The number of aliphatic hydroxyl groups is 1. The van der Waals surface area contributed by atoms with E-state index in [0.29, 0.717) is 18.6 Å². The molecule has 1 N–H and O–H groups in total. The first kappa shape index (κ1) is 9.47. The standard InChI is InChI=1S/C11H20O2/c12-8-10-6-3-7-13-11(10)9-4-1-2-5-9/h9-12H,1-8H2. The predicted octanol–water partition coefficient (Wildman–Crippen LogP) is 1.96. The third-order valence-corrected chi connectivity index (χ3v) is 3.59. The average molecular weight is 184 g/mol. The Balaban J connectivity index is 1.93. The lowest BCUT2D eigenvalue weighted by Gasteiger charge is -2.34. The Bertz CT molecular complexity index is 150. The first-order chi connectivity index (χ1) is 6.42. The predicted molar refractivity (Wildman–Crippen MR) is 51.5 cm³/mol. The molecule has 0 aromatic heterocycles. The molecule has 1 saturated heterocycles. The highest BCUT2D eigenvalue weighted by Crippen LogP contribution is 2.35. The van der Waals surface area contributed by atoms with Gasteiger partial charge in [-0.2, -0.15) is 0 Å². The van der Waals surface area contributed by atoms with Crippen molar-refractivity contribution in [2.24, 2.45) is 11.8 Å². The molecule has 0 spiro atoms. The molecule has 0 radical (unpaired) electrons. The van der Waals surface area contributed by atoms with E-state index in [1.807, 2.05) is 0 Å². The van der Waals surface area contributed by atoms with Crippen molar-refractivity contribution in [3.05, 3.63) is 0 Å². The summed E-state index contributed by atoms with van der Waals surface area (Å²) in [6, 6.07) is 0. The van der Waals surface area contributed by atoms with E-state index in [1.54, 1.807) is 0 Å². The van der Waals surface area contributed by atoms with Gasteiger partial charge in [-0.05, 0) is 31.6 Å². The summed E-state index contributed by atoms with van der Waals surface area (Å²) in [6.45, 7) is 1.23. The fourth-order valence-electron chi connectivity index (χ4n) is 2.87. The van der Waals surface area contributed by atoms with Crippen molar-refractivity contribution in [1.29, 1.82) is 0 Å². The van der Waals surface area contributed by atoms with E-state index in [0.717, 1.165) is 25.4 Å². The van der Waals surface area contributed by atoms with Gasteiger partial charge in [0.1, 0.15) is 0 Å². The summed E-state index contributed by atoms with van der Waals surface area (Å²) in [7, 11) is 0. The van der Waals surface area contributed by atoms with Crippen LogP contribution in [0.1, 0.15) is 38.5 Å². The topological polar surface area (TPSA) is 29.5 Å². The van der Waals surface area contributed by atoms with Crippen LogP contribution in [0.4, 0.5) is 0 Å². The Labute approximate surface area is 80.3 Å². The van der Waals surface area contributed by atoms with Crippen LogP contribution in [-0.2, 0) is 4.74 Å². The van der Waals surface area contributed by atoms with Gasteiger partial charge < -0.3 is 9.84 Å². The SMILES string of the molecule is OCC1CCCOC1C1CCCC1. The summed E-state index contributed by atoms with van der Waals surface area (Å²) in [6.07, 6.45) is 8.04. The fraction of sp³-hybridized carbons (Fsp3) is 1.00. The maximum atomic E-state index is 9.24. The normalized spacial score (nSPS) is 36.7. The van der Waals surface area contributed by atoms with Crippen molar-refractivity contribution in [1.82, 2.24) is 0 Å². The Morgan fingerprint density at radius 3 is 2.54 bits per heavy atom. The van der Waals surface area contributed by atoms with Gasteiger partial charge in [0.05, 0.1) is 6.10 Å². The second kappa shape index (κ2) is 4.43. The number of hydrogen-bond donors (Lipinski definition) is 1. The van der Waals surface area contributed by atoms with E-state index in [2.05, 4.69) is 0 Å². The molecule has 2 heteroatoms. The van der Waals surface area contributed by atoms with Gasteiger partial charge in [-0.3, -0.25) is 0 Å². The van der Waals surface area contributed by atoms with E-state index in [-0.39, 0.29) is 0 Å². The molecular weight excluding hydrogens is 164 g/mol. The van der Waals surface area contributed by atoms with E-state index in [1.165, 1.54) is 25.7 Å². The van der Waals surface area contributed by atoms with Crippen LogP contribution in [-0.4, -0.2) is 24.4 Å². The van der Waals surface area contributed by atoms with Gasteiger partial charge in [0.15, 0.2) is 0 Å². The Kier molecular flexibility index (Phi) is 3.23. The first-order valence-corrected chi connectivity index (χ1v) is 5.64. The van der Waals surface area contributed by atoms with Crippen LogP contribution in [0.2, 0.25) is 0 Å². The number of rotatable bonds is 2. The zero-order chi connectivity index (χ0) is 9.10. The van der Waals surface area contributed by atoms with Gasteiger partial charge in [0.2, 0.25) is 0 Å². The molecule has 2 atom stereocenters. The smallest absolute Gasteiger partial charge is 0.0653 e. The van der Waals surface area contributed by atoms with E-state index < -0.39 is 0 Å². The van der Waals surface area contributed by atoms with Crippen molar-refractivity contribution < 1.29 is 9.84 Å². The Hall–Kier alpha value is -0.0800. The fourth-order valence-corrected chi connectivity index (χ4v) is 2.87. The number of aliphatic hydroxyl groups excluding tert-OH is 1. The largest absolute Gasteiger partial charge is 0.396 e.